The Labute approximate surface area is 118 Å². The first-order valence-corrected chi connectivity index (χ1v) is 7.31. The van der Waals surface area contributed by atoms with Crippen molar-refractivity contribution in [1.82, 2.24) is 4.90 Å². The van der Waals surface area contributed by atoms with Crippen LogP contribution in [-0.4, -0.2) is 55.1 Å². The molecule has 0 aliphatic rings. The molecule has 0 spiro atoms. The quantitative estimate of drug-likeness (QED) is 0.783. The largest absolute Gasteiger partial charge is 0.389 e. The van der Waals surface area contributed by atoms with Crippen molar-refractivity contribution < 1.29 is 14.6 Å². The molecule has 0 saturated heterocycles. The summed E-state index contributed by atoms with van der Waals surface area (Å²) >= 11 is 1.58. The van der Waals surface area contributed by atoms with Crippen LogP contribution in [-0.2, 0) is 15.3 Å². The molecule has 106 valence electrons. The Morgan fingerprint density at radius 2 is 2.11 bits per heavy atom. The number of aliphatic hydroxyl groups excluding tert-OH is 1. The second-order valence-electron chi connectivity index (χ2n) is 4.36. The third kappa shape index (κ3) is 6.61. The van der Waals surface area contributed by atoms with E-state index in [1.54, 1.807) is 23.7 Å². The highest BCUT2D eigenvalue weighted by molar-refractivity contribution is 7.99. The van der Waals surface area contributed by atoms with E-state index in [4.69, 9.17) is 4.74 Å². The van der Waals surface area contributed by atoms with Crippen LogP contribution in [0.2, 0.25) is 0 Å². The van der Waals surface area contributed by atoms with Gasteiger partial charge in [-0.05, 0) is 5.56 Å². The number of ether oxygens (including phenoxy) is 1. The summed E-state index contributed by atoms with van der Waals surface area (Å²) in [7, 11) is 3.23. The first kappa shape index (κ1) is 16.0. The fourth-order valence-corrected chi connectivity index (χ4v) is 2.53. The van der Waals surface area contributed by atoms with Crippen molar-refractivity contribution in [2.75, 3.05) is 33.1 Å². The number of likely N-dealkylation sites (N-methyl/N-ethyl adjacent to an activating group) is 1. The maximum atomic E-state index is 11.8. The number of carbonyl (C=O) groups excluding carboxylic acids is 1. The van der Waals surface area contributed by atoms with Crippen molar-refractivity contribution in [2.45, 2.75) is 11.9 Å². The molecular weight excluding hydrogens is 262 g/mol. The first-order chi connectivity index (χ1) is 9.13. The summed E-state index contributed by atoms with van der Waals surface area (Å²) < 4.78 is 4.83. The maximum absolute atomic E-state index is 11.8. The monoisotopic (exact) mass is 283 g/mol. The smallest absolute Gasteiger partial charge is 0.232 e. The summed E-state index contributed by atoms with van der Waals surface area (Å²) in [5.74, 6) is 1.27. The van der Waals surface area contributed by atoms with Crippen LogP contribution in [0.3, 0.4) is 0 Å². The van der Waals surface area contributed by atoms with Gasteiger partial charge in [0.2, 0.25) is 5.91 Å². The highest BCUT2D eigenvalue weighted by Crippen LogP contribution is 2.12. The predicted molar refractivity (Wildman–Crippen MR) is 78.1 cm³/mol. The van der Waals surface area contributed by atoms with Gasteiger partial charge < -0.3 is 14.7 Å². The molecule has 1 amide bonds. The van der Waals surface area contributed by atoms with Gasteiger partial charge in [0.15, 0.2) is 0 Å². The summed E-state index contributed by atoms with van der Waals surface area (Å²) in [6, 6.07) is 10.0. The van der Waals surface area contributed by atoms with Gasteiger partial charge >= 0.3 is 0 Å². The van der Waals surface area contributed by atoms with Crippen molar-refractivity contribution in [2.24, 2.45) is 0 Å². The van der Waals surface area contributed by atoms with Gasteiger partial charge in [-0.25, -0.2) is 0 Å². The number of hydrogen-bond acceptors (Lipinski definition) is 4. The van der Waals surface area contributed by atoms with E-state index in [1.165, 1.54) is 12.7 Å². The molecular formula is C14H21NO3S. The molecule has 0 aliphatic carbocycles. The summed E-state index contributed by atoms with van der Waals surface area (Å²) in [4.78, 5) is 13.4. The fraction of sp³-hybridized carbons (Fsp3) is 0.500. The third-order valence-electron chi connectivity index (χ3n) is 2.61. The van der Waals surface area contributed by atoms with Crippen LogP contribution in [0.5, 0.6) is 0 Å². The molecule has 1 aromatic rings. The molecule has 1 atom stereocenters. The number of carbonyl (C=O) groups is 1. The van der Waals surface area contributed by atoms with Gasteiger partial charge in [-0.15, -0.1) is 11.8 Å². The minimum absolute atomic E-state index is 0.0242. The van der Waals surface area contributed by atoms with Crippen molar-refractivity contribution in [3.63, 3.8) is 0 Å². The Morgan fingerprint density at radius 1 is 1.42 bits per heavy atom. The minimum atomic E-state index is -0.627. The van der Waals surface area contributed by atoms with E-state index in [-0.39, 0.29) is 12.5 Å². The zero-order chi connectivity index (χ0) is 14.1. The van der Waals surface area contributed by atoms with Crippen molar-refractivity contribution in [1.29, 1.82) is 0 Å². The zero-order valence-electron chi connectivity index (χ0n) is 11.4. The molecule has 0 saturated carbocycles. The number of amides is 1. The van der Waals surface area contributed by atoms with E-state index in [1.807, 2.05) is 30.3 Å². The molecule has 0 bridgehead atoms. The zero-order valence-corrected chi connectivity index (χ0v) is 12.2. The summed E-state index contributed by atoms with van der Waals surface area (Å²) in [6.45, 7) is 0.549. The Balaban J connectivity index is 2.23. The van der Waals surface area contributed by atoms with E-state index in [0.29, 0.717) is 12.3 Å². The number of rotatable bonds is 8. The van der Waals surface area contributed by atoms with Gasteiger partial charge in [-0.3, -0.25) is 4.79 Å². The number of thioether (sulfide) groups is 1. The van der Waals surface area contributed by atoms with Gasteiger partial charge in [0.25, 0.3) is 0 Å². The number of aliphatic hydroxyl groups is 1. The molecule has 19 heavy (non-hydrogen) atoms. The van der Waals surface area contributed by atoms with Crippen molar-refractivity contribution in [3.8, 4) is 0 Å². The normalized spacial score (nSPS) is 12.2. The van der Waals surface area contributed by atoms with E-state index in [9.17, 15) is 9.90 Å². The van der Waals surface area contributed by atoms with E-state index < -0.39 is 6.10 Å². The third-order valence-corrected chi connectivity index (χ3v) is 3.60. The average molecular weight is 283 g/mol. The highest BCUT2D eigenvalue weighted by Gasteiger charge is 2.13. The average Bonchev–Trinajstić information content (AvgIpc) is 2.40. The molecule has 1 unspecified atom stereocenters. The molecule has 0 fully saturated rings. The molecule has 5 heteroatoms. The van der Waals surface area contributed by atoms with E-state index in [0.717, 1.165) is 5.75 Å². The number of hydrogen-bond donors (Lipinski definition) is 1. The van der Waals surface area contributed by atoms with Crippen LogP contribution in [0.25, 0.3) is 0 Å². The molecule has 0 heterocycles. The molecule has 0 radical (unpaired) electrons. The van der Waals surface area contributed by atoms with Crippen molar-refractivity contribution >= 4 is 17.7 Å². The molecule has 0 aromatic heterocycles. The SMILES string of the molecule is COCC(O)CN(C)C(=O)CSCc1ccccc1. The van der Waals surface area contributed by atoms with Crippen molar-refractivity contribution in [3.05, 3.63) is 35.9 Å². The van der Waals surface area contributed by atoms with Gasteiger partial charge in [-0.2, -0.15) is 0 Å². The molecule has 4 nitrogen and oxygen atoms in total. The summed E-state index contributed by atoms with van der Waals surface area (Å²) in [5, 5.41) is 9.55. The highest BCUT2D eigenvalue weighted by atomic mass is 32.2. The Morgan fingerprint density at radius 3 is 2.74 bits per heavy atom. The Kier molecular flexibility index (Phi) is 7.55. The van der Waals surface area contributed by atoms with Crippen LogP contribution in [0, 0.1) is 0 Å². The number of nitrogens with zero attached hydrogens (tertiary/aromatic N) is 1. The van der Waals surface area contributed by atoms with Crippen LogP contribution in [0.4, 0.5) is 0 Å². The van der Waals surface area contributed by atoms with Crippen LogP contribution >= 0.6 is 11.8 Å². The molecule has 1 rings (SSSR count). The summed E-state index contributed by atoms with van der Waals surface area (Å²) in [5.41, 5.74) is 1.21. The van der Waals surface area contributed by atoms with Gasteiger partial charge in [-0.1, -0.05) is 30.3 Å². The predicted octanol–water partition coefficient (Wildman–Crippen LogP) is 1.39. The fourth-order valence-electron chi connectivity index (χ4n) is 1.60. The molecule has 0 aliphatic heterocycles. The summed E-state index contributed by atoms with van der Waals surface area (Å²) in [6.07, 6.45) is -0.627. The topological polar surface area (TPSA) is 49.8 Å². The van der Waals surface area contributed by atoms with Crippen LogP contribution in [0.15, 0.2) is 30.3 Å². The Bertz CT molecular complexity index is 372. The lowest BCUT2D eigenvalue weighted by molar-refractivity contribution is -0.128. The van der Waals surface area contributed by atoms with Gasteiger partial charge in [0, 0.05) is 26.5 Å². The lowest BCUT2D eigenvalue weighted by Gasteiger charge is -2.20. The molecule has 1 aromatic carbocycles. The van der Waals surface area contributed by atoms with Gasteiger partial charge in [0.1, 0.15) is 0 Å². The lowest BCUT2D eigenvalue weighted by Crippen LogP contribution is -2.37. The van der Waals surface area contributed by atoms with E-state index in [2.05, 4.69) is 0 Å². The van der Waals surface area contributed by atoms with Gasteiger partial charge in [0.05, 0.1) is 18.5 Å². The minimum Gasteiger partial charge on any atom is -0.389 e. The second kappa shape index (κ2) is 8.96. The second-order valence-corrected chi connectivity index (χ2v) is 5.35. The maximum Gasteiger partial charge on any atom is 0.232 e. The molecule has 1 N–H and O–H groups in total. The lowest BCUT2D eigenvalue weighted by atomic mass is 10.2. The standard InChI is InChI=1S/C14H21NO3S/c1-15(8-13(16)9-18-2)14(17)11-19-10-12-6-4-3-5-7-12/h3-7,13,16H,8-11H2,1-2H3. The van der Waals surface area contributed by atoms with Crippen LogP contribution in [0.1, 0.15) is 5.56 Å². The van der Waals surface area contributed by atoms with E-state index >= 15 is 0 Å². The number of methoxy groups -OCH3 is 1. The van der Waals surface area contributed by atoms with Crippen LogP contribution < -0.4 is 0 Å². The Hall–Kier alpha value is -1.04. The first-order valence-electron chi connectivity index (χ1n) is 6.16. The number of benzene rings is 1.